The standard InChI is InChI=1S/C28H28N4O3/c1-20-11-12-26-29-24(18-32(26)16-20)19-35-25-9-5-7-22(15-25)28(34)30-23-8-4-6-21(14-23)17-31-13-3-2-10-27(31)33/h4-9,11-12,14-16,18H,2-3,10,13,17,19H2,1H3,(H,30,34). The topological polar surface area (TPSA) is 75.9 Å². The van der Waals surface area contributed by atoms with Crippen LogP contribution in [0.2, 0.25) is 0 Å². The lowest BCUT2D eigenvalue weighted by Crippen LogP contribution is -2.34. The Kier molecular flexibility index (Phi) is 6.48. The molecule has 7 heteroatoms. The Balaban J connectivity index is 1.22. The third kappa shape index (κ3) is 5.51. The van der Waals surface area contributed by atoms with Gasteiger partial charge in [0.05, 0.1) is 5.69 Å². The summed E-state index contributed by atoms with van der Waals surface area (Å²) >= 11 is 0. The number of nitrogens with one attached hydrogen (secondary N) is 1. The smallest absolute Gasteiger partial charge is 0.255 e. The van der Waals surface area contributed by atoms with Gasteiger partial charge in [0.1, 0.15) is 18.0 Å². The lowest BCUT2D eigenvalue weighted by Gasteiger charge is -2.26. The molecule has 0 radical (unpaired) electrons. The SMILES string of the molecule is Cc1ccc2nc(COc3cccc(C(=O)Nc4cccc(CN5CCCCC5=O)c4)c3)cn2c1. The fourth-order valence-corrected chi connectivity index (χ4v) is 4.31. The zero-order valence-electron chi connectivity index (χ0n) is 19.7. The van der Waals surface area contributed by atoms with E-state index in [1.54, 1.807) is 18.2 Å². The molecule has 0 atom stereocenters. The van der Waals surface area contributed by atoms with E-state index in [0.717, 1.165) is 41.9 Å². The molecule has 3 heterocycles. The summed E-state index contributed by atoms with van der Waals surface area (Å²) in [5.74, 6) is 0.578. The molecular weight excluding hydrogens is 440 g/mol. The summed E-state index contributed by atoms with van der Waals surface area (Å²) in [6, 6.07) is 18.8. The first kappa shape index (κ1) is 22.7. The molecule has 4 aromatic rings. The number of hydrogen-bond donors (Lipinski definition) is 1. The van der Waals surface area contributed by atoms with E-state index in [2.05, 4.69) is 10.3 Å². The third-order valence-corrected chi connectivity index (χ3v) is 6.11. The molecule has 0 aliphatic carbocycles. The maximum atomic E-state index is 12.9. The molecule has 35 heavy (non-hydrogen) atoms. The Hall–Kier alpha value is -4.13. The van der Waals surface area contributed by atoms with Crippen LogP contribution in [0.4, 0.5) is 5.69 Å². The van der Waals surface area contributed by atoms with Gasteiger partial charge in [-0.1, -0.05) is 24.3 Å². The second-order valence-electron chi connectivity index (χ2n) is 8.95. The minimum atomic E-state index is -0.218. The second kappa shape index (κ2) is 10.0. The number of piperidine rings is 1. The molecule has 2 amide bonds. The Morgan fingerprint density at radius 3 is 2.83 bits per heavy atom. The summed E-state index contributed by atoms with van der Waals surface area (Å²) in [4.78, 5) is 31.5. The number of likely N-dealkylation sites (tertiary alicyclic amines) is 1. The largest absolute Gasteiger partial charge is 0.487 e. The van der Waals surface area contributed by atoms with Crippen LogP contribution < -0.4 is 10.1 Å². The van der Waals surface area contributed by atoms with E-state index in [9.17, 15) is 9.59 Å². The van der Waals surface area contributed by atoms with Crippen molar-refractivity contribution in [1.29, 1.82) is 0 Å². The van der Waals surface area contributed by atoms with Gasteiger partial charge < -0.3 is 19.4 Å². The van der Waals surface area contributed by atoms with Crippen LogP contribution in [0.15, 0.2) is 73.1 Å². The quantitative estimate of drug-likeness (QED) is 0.415. The first-order chi connectivity index (χ1) is 17.0. The predicted molar refractivity (Wildman–Crippen MR) is 134 cm³/mol. The van der Waals surface area contributed by atoms with Gasteiger partial charge in [0.15, 0.2) is 0 Å². The first-order valence-electron chi connectivity index (χ1n) is 11.9. The average Bonchev–Trinajstić information content (AvgIpc) is 3.27. The van der Waals surface area contributed by atoms with Crippen molar-refractivity contribution in [2.75, 3.05) is 11.9 Å². The van der Waals surface area contributed by atoms with Crippen molar-refractivity contribution < 1.29 is 14.3 Å². The van der Waals surface area contributed by atoms with Gasteiger partial charge in [0.2, 0.25) is 5.91 Å². The van der Waals surface area contributed by atoms with Crippen LogP contribution in [0, 0.1) is 6.92 Å². The van der Waals surface area contributed by atoms with Crippen LogP contribution in [0.5, 0.6) is 5.75 Å². The molecule has 0 unspecified atom stereocenters. The van der Waals surface area contributed by atoms with E-state index in [4.69, 9.17) is 4.74 Å². The van der Waals surface area contributed by atoms with Crippen LogP contribution in [0.25, 0.3) is 5.65 Å². The van der Waals surface area contributed by atoms with Crippen molar-refractivity contribution in [3.8, 4) is 5.75 Å². The van der Waals surface area contributed by atoms with E-state index in [1.807, 2.05) is 71.1 Å². The number of imidazole rings is 1. The molecule has 1 fully saturated rings. The highest BCUT2D eigenvalue weighted by Crippen LogP contribution is 2.20. The highest BCUT2D eigenvalue weighted by molar-refractivity contribution is 6.04. The minimum absolute atomic E-state index is 0.196. The van der Waals surface area contributed by atoms with E-state index < -0.39 is 0 Å². The lowest BCUT2D eigenvalue weighted by atomic mass is 10.1. The first-order valence-corrected chi connectivity index (χ1v) is 11.9. The van der Waals surface area contributed by atoms with Crippen molar-refractivity contribution in [1.82, 2.24) is 14.3 Å². The molecule has 0 saturated carbocycles. The number of hydrogen-bond acceptors (Lipinski definition) is 4. The van der Waals surface area contributed by atoms with Crippen LogP contribution in [0.3, 0.4) is 0 Å². The summed E-state index contributed by atoms with van der Waals surface area (Å²) in [7, 11) is 0. The Labute approximate surface area is 204 Å². The normalized spacial score (nSPS) is 13.7. The van der Waals surface area contributed by atoms with Crippen LogP contribution in [0.1, 0.15) is 46.4 Å². The van der Waals surface area contributed by atoms with Crippen molar-refractivity contribution in [3.63, 3.8) is 0 Å². The number of amides is 2. The molecule has 0 spiro atoms. The molecule has 1 aliphatic heterocycles. The van der Waals surface area contributed by atoms with Crippen molar-refractivity contribution >= 4 is 23.1 Å². The number of carbonyl (C=O) groups is 2. The zero-order valence-corrected chi connectivity index (χ0v) is 19.7. The molecule has 7 nitrogen and oxygen atoms in total. The number of fused-ring (bicyclic) bond motifs is 1. The summed E-state index contributed by atoms with van der Waals surface area (Å²) in [5.41, 5.74) is 5.04. The molecule has 1 saturated heterocycles. The molecule has 0 bridgehead atoms. The van der Waals surface area contributed by atoms with Gasteiger partial charge in [-0.3, -0.25) is 9.59 Å². The Morgan fingerprint density at radius 1 is 1.06 bits per heavy atom. The molecular formula is C28H28N4O3. The molecule has 2 aromatic carbocycles. The van der Waals surface area contributed by atoms with E-state index in [-0.39, 0.29) is 11.8 Å². The Morgan fingerprint density at radius 2 is 1.94 bits per heavy atom. The highest BCUT2D eigenvalue weighted by Gasteiger charge is 2.18. The number of aryl methyl sites for hydroxylation is 1. The van der Waals surface area contributed by atoms with Crippen molar-refractivity contribution in [2.45, 2.75) is 39.3 Å². The zero-order chi connectivity index (χ0) is 24.2. The molecule has 1 aliphatic rings. The van der Waals surface area contributed by atoms with Crippen LogP contribution >= 0.6 is 0 Å². The van der Waals surface area contributed by atoms with Gasteiger partial charge in [0.25, 0.3) is 5.91 Å². The summed E-state index contributed by atoms with van der Waals surface area (Å²) in [6.45, 7) is 3.70. The third-order valence-electron chi connectivity index (χ3n) is 6.11. The molecule has 178 valence electrons. The number of carbonyl (C=O) groups excluding carboxylic acids is 2. The molecule has 2 aromatic heterocycles. The lowest BCUT2D eigenvalue weighted by molar-refractivity contribution is -0.133. The fourth-order valence-electron chi connectivity index (χ4n) is 4.31. The van der Waals surface area contributed by atoms with Crippen molar-refractivity contribution in [2.24, 2.45) is 0 Å². The summed E-state index contributed by atoms with van der Waals surface area (Å²) in [6.07, 6.45) is 6.59. The maximum Gasteiger partial charge on any atom is 0.255 e. The van der Waals surface area contributed by atoms with Gasteiger partial charge in [0, 0.05) is 43.2 Å². The average molecular weight is 469 g/mol. The number of anilines is 1. The summed E-state index contributed by atoms with van der Waals surface area (Å²) in [5, 5.41) is 2.96. The number of ether oxygens (including phenoxy) is 1. The monoisotopic (exact) mass is 468 g/mol. The fraction of sp³-hybridized carbons (Fsp3) is 0.250. The van der Waals surface area contributed by atoms with Gasteiger partial charge in [-0.25, -0.2) is 4.98 Å². The molecule has 5 rings (SSSR count). The minimum Gasteiger partial charge on any atom is -0.487 e. The maximum absolute atomic E-state index is 12.9. The van der Waals surface area contributed by atoms with E-state index in [0.29, 0.717) is 36.6 Å². The van der Waals surface area contributed by atoms with Crippen molar-refractivity contribution in [3.05, 3.63) is 95.4 Å². The van der Waals surface area contributed by atoms with E-state index in [1.165, 1.54) is 0 Å². The van der Waals surface area contributed by atoms with Gasteiger partial charge >= 0.3 is 0 Å². The van der Waals surface area contributed by atoms with Crippen LogP contribution in [-0.2, 0) is 17.9 Å². The Bertz CT molecular complexity index is 1380. The van der Waals surface area contributed by atoms with E-state index >= 15 is 0 Å². The van der Waals surface area contributed by atoms with Gasteiger partial charge in [-0.15, -0.1) is 0 Å². The number of pyridine rings is 1. The van der Waals surface area contributed by atoms with Gasteiger partial charge in [-0.05, 0) is 67.3 Å². The van der Waals surface area contributed by atoms with Gasteiger partial charge in [-0.2, -0.15) is 0 Å². The summed E-state index contributed by atoms with van der Waals surface area (Å²) < 4.78 is 7.89. The number of rotatable bonds is 7. The number of aromatic nitrogens is 2. The number of nitrogens with zero attached hydrogens (tertiary/aromatic N) is 3. The molecule has 1 N–H and O–H groups in total. The number of benzene rings is 2. The predicted octanol–water partition coefficient (Wildman–Crippen LogP) is 4.99. The second-order valence-corrected chi connectivity index (χ2v) is 8.95. The van der Waals surface area contributed by atoms with Crippen LogP contribution in [-0.4, -0.2) is 32.6 Å². The highest BCUT2D eigenvalue weighted by atomic mass is 16.5.